The number of amides is 1. The lowest BCUT2D eigenvalue weighted by atomic mass is 10.3. The van der Waals surface area contributed by atoms with E-state index in [1.165, 1.54) is 0 Å². The zero-order chi connectivity index (χ0) is 16.7. The Bertz CT molecular complexity index is 893. The van der Waals surface area contributed by atoms with Crippen molar-refractivity contribution in [2.24, 2.45) is 7.05 Å². The number of para-hydroxylation sites is 2. The number of carbonyl (C=O) groups is 1. The highest BCUT2D eigenvalue weighted by Crippen LogP contribution is 2.23. The van der Waals surface area contributed by atoms with Gasteiger partial charge >= 0.3 is 0 Å². The van der Waals surface area contributed by atoms with Gasteiger partial charge in [0.05, 0.1) is 11.0 Å². The number of benzene rings is 1. The van der Waals surface area contributed by atoms with Gasteiger partial charge in [-0.25, -0.2) is 4.98 Å². The summed E-state index contributed by atoms with van der Waals surface area (Å²) in [6, 6.07) is 11.5. The number of fused-ring (bicyclic) bond motifs is 1. The van der Waals surface area contributed by atoms with Crippen LogP contribution in [0.5, 0.6) is 0 Å². The Morgan fingerprint density at radius 3 is 2.54 bits per heavy atom. The Morgan fingerprint density at radius 1 is 1.12 bits per heavy atom. The molecule has 4 rings (SSSR count). The Balaban J connectivity index is 1.49. The van der Waals surface area contributed by atoms with Crippen molar-refractivity contribution in [2.45, 2.75) is 0 Å². The van der Waals surface area contributed by atoms with E-state index in [1.807, 2.05) is 30.1 Å². The molecule has 24 heavy (non-hydrogen) atoms. The molecule has 0 atom stereocenters. The van der Waals surface area contributed by atoms with Crippen molar-refractivity contribution in [3.63, 3.8) is 0 Å². The maximum Gasteiger partial charge on any atom is 0.289 e. The summed E-state index contributed by atoms with van der Waals surface area (Å²) in [5.41, 5.74) is 2.11. The van der Waals surface area contributed by atoms with Gasteiger partial charge in [-0.15, -0.1) is 0 Å². The number of nitrogens with zero attached hydrogens (tertiary/aromatic N) is 4. The molecule has 0 aliphatic carbocycles. The maximum atomic E-state index is 12.4. The smallest absolute Gasteiger partial charge is 0.289 e. The summed E-state index contributed by atoms with van der Waals surface area (Å²) >= 11 is 3.23. The molecule has 1 aromatic carbocycles. The minimum absolute atomic E-state index is 0.0645. The second kappa shape index (κ2) is 5.98. The first-order valence-corrected chi connectivity index (χ1v) is 8.64. The SMILES string of the molecule is Cn1c(N2CCN(C(=O)c3ccc(Br)o3)CC2)nc2ccccc21. The van der Waals surface area contributed by atoms with E-state index in [4.69, 9.17) is 9.40 Å². The topological polar surface area (TPSA) is 54.5 Å². The summed E-state index contributed by atoms with van der Waals surface area (Å²) in [6.45, 7) is 2.82. The summed E-state index contributed by atoms with van der Waals surface area (Å²) in [6.07, 6.45) is 0. The van der Waals surface area contributed by atoms with E-state index < -0.39 is 0 Å². The summed E-state index contributed by atoms with van der Waals surface area (Å²) in [4.78, 5) is 21.2. The van der Waals surface area contributed by atoms with Gasteiger partial charge in [0.25, 0.3) is 5.91 Å². The summed E-state index contributed by atoms with van der Waals surface area (Å²) in [7, 11) is 2.03. The number of anilines is 1. The first-order valence-electron chi connectivity index (χ1n) is 7.84. The van der Waals surface area contributed by atoms with Crippen molar-refractivity contribution in [1.29, 1.82) is 0 Å². The summed E-state index contributed by atoms with van der Waals surface area (Å²) in [5.74, 6) is 1.26. The normalized spacial score (nSPS) is 15.2. The van der Waals surface area contributed by atoms with E-state index in [0.717, 1.165) is 30.1 Å². The molecule has 1 fully saturated rings. The van der Waals surface area contributed by atoms with Gasteiger partial charge in [-0.1, -0.05) is 12.1 Å². The number of carbonyl (C=O) groups excluding carboxylic acids is 1. The molecule has 124 valence electrons. The van der Waals surface area contributed by atoms with Crippen molar-refractivity contribution in [3.05, 3.63) is 46.8 Å². The second-order valence-electron chi connectivity index (χ2n) is 5.84. The molecule has 0 unspecified atom stereocenters. The number of hydrogen-bond donors (Lipinski definition) is 0. The number of aryl methyl sites for hydroxylation is 1. The van der Waals surface area contributed by atoms with Gasteiger partial charge < -0.3 is 18.8 Å². The van der Waals surface area contributed by atoms with Gasteiger partial charge in [0, 0.05) is 33.2 Å². The van der Waals surface area contributed by atoms with E-state index in [0.29, 0.717) is 23.5 Å². The molecular formula is C17H17BrN4O2. The van der Waals surface area contributed by atoms with E-state index >= 15 is 0 Å². The zero-order valence-corrected chi connectivity index (χ0v) is 14.9. The van der Waals surface area contributed by atoms with E-state index in [-0.39, 0.29) is 5.91 Å². The van der Waals surface area contributed by atoms with Gasteiger partial charge in [-0.2, -0.15) is 0 Å². The number of imidazole rings is 1. The molecule has 0 bridgehead atoms. The predicted molar refractivity (Wildman–Crippen MR) is 95.2 cm³/mol. The van der Waals surface area contributed by atoms with Crippen LogP contribution in [0.4, 0.5) is 5.95 Å². The van der Waals surface area contributed by atoms with Crippen molar-refractivity contribution < 1.29 is 9.21 Å². The van der Waals surface area contributed by atoms with Crippen LogP contribution in [0.3, 0.4) is 0 Å². The average molecular weight is 389 g/mol. The van der Waals surface area contributed by atoms with Gasteiger partial charge in [-0.3, -0.25) is 4.79 Å². The van der Waals surface area contributed by atoms with Gasteiger partial charge in [0.2, 0.25) is 5.95 Å². The first kappa shape index (κ1) is 15.3. The van der Waals surface area contributed by atoms with Crippen LogP contribution in [-0.4, -0.2) is 46.5 Å². The quantitative estimate of drug-likeness (QED) is 0.677. The third-order valence-corrected chi connectivity index (χ3v) is 4.82. The number of rotatable bonds is 2. The van der Waals surface area contributed by atoms with Crippen molar-refractivity contribution >= 4 is 38.8 Å². The lowest BCUT2D eigenvalue weighted by Crippen LogP contribution is -2.49. The Hall–Kier alpha value is -2.28. The van der Waals surface area contributed by atoms with Gasteiger partial charge in [-0.05, 0) is 40.2 Å². The Labute approximate surface area is 147 Å². The molecule has 0 radical (unpaired) electrons. The van der Waals surface area contributed by atoms with E-state index in [9.17, 15) is 4.79 Å². The molecule has 0 spiro atoms. The zero-order valence-electron chi connectivity index (χ0n) is 13.3. The fourth-order valence-corrected chi connectivity index (χ4v) is 3.42. The highest BCUT2D eigenvalue weighted by molar-refractivity contribution is 9.10. The standard InChI is InChI=1S/C17H17BrN4O2/c1-20-13-5-3-2-4-12(13)19-17(20)22-10-8-21(9-11-22)16(23)14-6-7-15(18)24-14/h2-7H,8-11H2,1H3. The van der Waals surface area contributed by atoms with Crippen LogP contribution >= 0.6 is 15.9 Å². The monoisotopic (exact) mass is 388 g/mol. The molecule has 7 heteroatoms. The molecule has 6 nitrogen and oxygen atoms in total. The number of aromatic nitrogens is 2. The van der Waals surface area contributed by atoms with Crippen LogP contribution in [0, 0.1) is 0 Å². The lowest BCUT2D eigenvalue weighted by Gasteiger charge is -2.34. The minimum Gasteiger partial charge on any atom is -0.444 e. The maximum absolute atomic E-state index is 12.4. The molecule has 0 saturated carbocycles. The molecule has 3 heterocycles. The molecule has 1 aliphatic heterocycles. The highest BCUT2D eigenvalue weighted by Gasteiger charge is 2.26. The number of halogens is 1. The van der Waals surface area contributed by atoms with E-state index in [1.54, 1.807) is 12.1 Å². The van der Waals surface area contributed by atoms with Crippen LogP contribution in [-0.2, 0) is 7.05 Å². The molecule has 2 aromatic heterocycles. The molecule has 1 aliphatic rings. The van der Waals surface area contributed by atoms with Gasteiger partial charge in [0.15, 0.2) is 10.4 Å². The summed E-state index contributed by atoms with van der Waals surface area (Å²) < 4.78 is 8.05. The molecular weight excluding hydrogens is 372 g/mol. The Morgan fingerprint density at radius 2 is 1.88 bits per heavy atom. The molecule has 1 saturated heterocycles. The fraction of sp³-hybridized carbons (Fsp3) is 0.294. The third-order valence-electron chi connectivity index (χ3n) is 4.40. The third kappa shape index (κ3) is 2.58. The van der Waals surface area contributed by atoms with Crippen LogP contribution < -0.4 is 4.90 Å². The lowest BCUT2D eigenvalue weighted by molar-refractivity contribution is 0.0712. The van der Waals surface area contributed by atoms with E-state index in [2.05, 4.69) is 31.5 Å². The summed E-state index contributed by atoms with van der Waals surface area (Å²) in [5, 5.41) is 0. The highest BCUT2D eigenvalue weighted by atomic mass is 79.9. The largest absolute Gasteiger partial charge is 0.444 e. The first-order chi connectivity index (χ1) is 11.6. The van der Waals surface area contributed by atoms with Gasteiger partial charge in [0.1, 0.15) is 0 Å². The number of furan rings is 1. The number of hydrogen-bond acceptors (Lipinski definition) is 4. The van der Waals surface area contributed by atoms with Crippen molar-refractivity contribution in [1.82, 2.24) is 14.5 Å². The second-order valence-corrected chi connectivity index (χ2v) is 6.62. The minimum atomic E-state index is -0.0645. The van der Waals surface area contributed by atoms with Crippen LogP contribution in [0.2, 0.25) is 0 Å². The van der Waals surface area contributed by atoms with Crippen LogP contribution in [0.15, 0.2) is 45.5 Å². The van der Waals surface area contributed by atoms with Crippen molar-refractivity contribution in [3.8, 4) is 0 Å². The number of piperazine rings is 1. The molecule has 3 aromatic rings. The molecule has 0 N–H and O–H groups in total. The van der Waals surface area contributed by atoms with Crippen molar-refractivity contribution in [2.75, 3.05) is 31.1 Å². The Kier molecular flexibility index (Phi) is 3.80. The fourth-order valence-electron chi connectivity index (χ4n) is 3.11. The predicted octanol–water partition coefficient (Wildman–Crippen LogP) is 2.89. The van der Waals surface area contributed by atoms with Crippen LogP contribution in [0.25, 0.3) is 11.0 Å². The average Bonchev–Trinajstić information content (AvgIpc) is 3.19. The van der Waals surface area contributed by atoms with Crippen LogP contribution in [0.1, 0.15) is 10.6 Å². The molecule has 1 amide bonds.